The van der Waals surface area contributed by atoms with Crippen LogP contribution in [-0.2, 0) is 6.42 Å². The number of halogens is 2. The molecule has 0 bridgehead atoms. The van der Waals surface area contributed by atoms with Crippen LogP contribution in [0.5, 0.6) is 0 Å². The second kappa shape index (κ2) is 4.76. The standard InChI is InChI=1S/C10H9ClFN3S/c1-13-10-14-9(15-16-10)4-6-2-3-7(12)5-8(6)11/h2-3,5H,4H2,1H3,(H,13,14,15). The van der Waals surface area contributed by atoms with Gasteiger partial charge in [-0.2, -0.15) is 4.37 Å². The smallest absolute Gasteiger partial charge is 0.202 e. The van der Waals surface area contributed by atoms with Crippen LogP contribution < -0.4 is 5.32 Å². The Bertz CT molecular complexity index is 501. The van der Waals surface area contributed by atoms with Gasteiger partial charge >= 0.3 is 0 Å². The van der Waals surface area contributed by atoms with Gasteiger partial charge in [-0.25, -0.2) is 9.37 Å². The molecule has 0 aliphatic carbocycles. The number of aromatic nitrogens is 2. The van der Waals surface area contributed by atoms with E-state index >= 15 is 0 Å². The zero-order chi connectivity index (χ0) is 11.5. The monoisotopic (exact) mass is 257 g/mol. The number of nitrogens with zero attached hydrogens (tertiary/aromatic N) is 2. The fourth-order valence-corrected chi connectivity index (χ4v) is 2.03. The molecule has 2 aromatic rings. The van der Waals surface area contributed by atoms with Crippen molar-refractivity contribution in [1.82, 2.24) is 9.36 Å². The largest absolute Gasteiger partial charge is 0.363 e. The molecule has 0 atom stereocenters. The van der Waals surface area contributed by atoms with E-state index in [9.17, 15) is 4.39 Å². The molecule has 6 heteroatoms. The Hall–Kier alpha value is -1.20. The summed E-state index contributed by atoms with van der Waals surface area (Å²) < 4.78 is 17.0. The van der Waals surface area contributed by atoms with Crippen LogP contribution in [0.15, 0.2) is 18.2 Å². The number of hydrogen-bond donors (Lipinski definition) is 1. The molecule has 0 aliphatic rings. The van der Waals surface area contributed by atoms with Crippen molar-refractivity contribution in [3.05, 3.63) is 40.4 Å². The summed E-state index contributed by atoms with van der Waals surface area (Å²) in [5, 5.41) is 4.07. The average molecular weight is 258 g/mol. The third-order valence-electron chi connectivity index (χ3n) is 2.05. The highest BCUT2D eigenvalue weighted by Crippen LogP contribution is 2.21. The highest BCUT2D eigenvalue weighted by Gasteiger charge is 2.07. The van der Waals surface area contributed by atoms with Crippen LogP contribution in [0.25, 0.3) is 0 Å². The minimum atomic E-state index is -0.337. The van der Waals surface area contributed by atoms with Crippen LogP contribution >= 0.6 is 23.1 Å². The SMILES string of the molecule is CNc1nc(Cc2ccc(F)cc2Cl)ns1. The quantitative estimate of drug-likeness (QED) is 0.919. The molecule has 2 rings (SSSR count). The predicted octanol–water partition coefficient (Wildman–Crippen LogP) is 2.96. The summed E-state index contributed by atoms with van der Waals surface area (Å²) in [6, 6.07) is 4.33. The highest BCUT2D eigenvalue weighted by atomic mass is 35.5. The molecule has 1 N–H and O–H groups in total. The summed E-state index contributed by atoms with van der Waals surface area (Å²) in [4.78, 5) is 4.23. The Kier molecular flexibility index (Phi) is 3.36. The molecule has 84 valence electrons. The zero-order valence-electron chi connectivity index (χ0n) is 8.50. The first-order valence-corrected chi connectivity index (χ1v) is 5.78. The summed E-state index contributed by atoms with van der Waals surface area (Å²) in [5.74, 6) is 0.346. The van der Waals surface area contributed by atoms with Crippen molar-refractivity contribution in [2.75, 3.05) is 12.4 Å². The Balaban J connectivity index is 2.20. The summed E-state index contributed by atoms with van der Waals surface area (Å²) in [5.41, 5.74) is 0.823. The molecule has 0 saturated carbocycles. The lowest BCUT2D eigenvalue weighted by atomic mass is 10.1. The Morgan fingerprint density at radius 1 is 1.50 bits per heavy atom. The molecular weight excluding hydrogens is 249 g/mol. The van der Waals surface area contributed by atoms with Gasteiger partial charge in [-0.3, -0.25) is 0 Å². The zero-order valence-corrected chi connectivity index (χ0v) is 10.1. The van der Waals surface area contributed by atoms with Crippen LogP contribution in [0.1, 0.15) is 11.4 Å². The fraction of sp³-hybridized carbons (Fsp3) is 0.200. The average Bonchev–Trinajstić information content (AvgIpc) is 2.70. The fourth-order valence-electron chi connectivity index (χ4n) is 1.26. The number of benzene rings is 1. The number of hydrogen-bond acceptors (Lipinski definition) is 4. The van der Waals surface area contributed by atoms with E-state index in [1.165, 1.54) is 23.7 Å². The van der Waals surface area contributed by atoms with E-state index in [1.54, 1.807) is 13.1 Å². The van der Waals surface area contributed by atoms with Crippen molar-refractivity contribution in [3.8, 4) is 0 Å². The maximum absolute atomic E-state index is 12.8. The lowest BCUT2D eigenvalue weighted by Gasteiger charge is -2.00. The first-order valence-electron chi connectivity index (χ1n) is 4.63. The lowest BCUT2D eigenvalue weighted by Crippen LogP contribution is -1.93. The molecule has 0 radical (unpaired) electrons. The van der Waals surface area contributed by atoms with E-state index in [-0.39, 0.29) is 5.82 Å². The van der Waals surface area contributed by atoms with Crippen molar-refractivity contribution in [3.63, 3.8) is 0 Å². The van der Waals surface area contributed by atoms with Crippen LogP contribution in [0.2, 0.25) is 5.02 Å². The van der Waals surface area contributed by atoms with Crippen LogP contribution in [-0.4, -0.2) is 16.4 Å². The second-order valence-corrected chi connectivity index (χ2v) is 4.34. The Labute approximate surface area is 101 Å². The van der Waals surface area contributed by atoms with Gasteiger partial charge in [0.05, 0.1) is 0 Å². The summed E-state index contributed by atoms with van der Waals surface area (Å²) in [6.45, 7) is 0. The summed E-state index contributed by atoms with van der Waals surface area (Å²) in [6.07, 6.45) is 0.511. The minimum Gasteiger partial charge on any atom is -0.363 e. The molecule has 0 fully saturated rings. The Morgan fingerprint density at radius 2 is 2.31 bits per heavy atom. The van der Waals surface area contributed by atoms with Gasteiger partial charge in [0.15, 0.2) is 0 Å². The molecule has 0 spiro atoms. The number of anilines is 1. The normalized spacial score (nSPS) is 10.4. The molecule has 3 nitrogen and oxygen atoms in total. The molecule has 0 aliphatic heterocycles. The lowest BCUT2D eigenvalue weighted by molar-refractivity contribution is 0.627. The van der Waals surface area contributed by atoms with E-state index in [4.69, 9.17) is 11.6 Å². The molecule has 0 unspecified atom stereocenters. The molecule has 1 heterocycles. The van der Waals surface area contributed by atoms with Crippen LogP contribution in [0.4, 0.5) is 9.52 Å². The first-order chi connectivity index (χ1) is 7.69. The van der Waals surface area contributed by atoms with Crippen molar-refractivity contribution < 1.29 is 4.39 Å². The highest BCUT2D eigenvalue weighted by molar-refractivity contribution is 7.09. The molecule has 1 aromatic carbocycles. The van der Waals surface area contributed by atoms with Gasteiger partial charge in [-0.1, -0.05) is 17.7 Å². The van der Waals surface area contributed by atoms with Gasteiger partial charge in [0.1, 0.15) is 11.6 Å². The summed E-state index contributed by atoms with van der Waals surface area (Å²) in [7, 11) is 1.79. The third-order valence-corrected chi connectivity index (χ3v) is 3.17. The van der Waals surface area contributed by atoms with Gasteiger partial charge in [-0.05, 0) is 17.7 Å². The number of rotatable bonds is 3. The van der Waals surface area contributed by atoms with Gasteiger partial charge in [0.2, 0.25) is 5.13 Å². The summed E-state index contributed by atoms with van der Waals surface area (Å²) >= 11 is 7.20. The van der Waals surface area contributed by atoms with Gasteiger partial charge < -0.3 is 5.32 Å². The Morgan fingerprint density at radius 3 is 2.94 bits per heavy atom. The molecule has 0 saturated heterocycles. The van der Waals surface area contributed by atoms with E-state index in [1.807, 2.05) is 0 Å². The van der Waals surface area contributed by atoms with Gasteiger partial charge in [-0.15, -0.1) is 0 Å². The van der Waals surface area contributed by atoms with Gasteiger partial charge in [0, 0.05) is 30.0 Å². The number of nitrogens with one attached hydrogen (secondary N) is 1. The van der Waals surface area contributed by atoms with Crippen molar-refractivity contribution in [2.24, 2.45) is 0 Å². The van der Waals surface area contributed by atoms with Crippen molar-refractivity contribution in [2.45, 2.75) is 6.42 Å². The van der Waals surface area contributed by atoms with E-state index in [2.05, 4.69) is 14.7 Å². The molecular formula is C10H9ClFN3S. The van der Waals surface area contributed by atoms with Crippen LogP contribution in [0, 0.1) is 5.82 Å². The third kappa shape index (κ3) is 2.48. The topological polar surface area (TPSA) is 37.8 Å². The van der Waals surface area contributed by atoms with E-state index in [0.717, 1.165) is 10.7 Å². The predicted molar refractivity (Wildman–Crippen MR) is 63.7 cm³/mol. The maximum Gasteiger partial charge on any atom is 0.202 e. The van der Waals surface area contributed by atoms with Gasteiger partial charge in [0.25, 0.3) is 0 Å². The van der Waals surface area contributed by atoms with Crippen molar-refractivity contribution in [1.29, 1.82) is 0 Å². The minimum absolute atomic E-state index is 0.337. The molecule has 0 amide bonds. The second-order valence-electron chi connectivity index (χ2n) is 3.18. The van der Waals surface area contributed by atoms with Crippen molar-refractivity contribution >= 4 is 28.3 Å². The van der Waals surface area contributed by atoms with E-state index in [0.29, 0.717) is 17.3 Å². The van der Waals surface area contributed by atoms with Crippen LogP contribution in [0.3, 0.4) is 0 Å². The first kappa shape index (κ1) is 11.3. The van der Waals surface area contributed by atoms with E-state index < -0.39 is 0 Å². The molecule has 16 heavy (non-hydrogen) atoms. The molecule has 1 aromatic heterocycles. The maximum atomic E-state index is 12.8.